The molecule has 6 nitrogen and oxygen atoms in total. The van der Waals surface area contributed by atoms with Crippen molar-refractivity contribution >= 4 is 11.8 Å². The van der Waals surface area contributed by atoms with Gasteiger partial charge in [0.05, 0.1) is 6.04 Å². The second kappa shape index (κ2) is 10.5. The number of carbonyl (C=O) groups is 2. The van der Waals surface area contributed by atoms with Crippen LogP contribution in [0.1, 0.15) is 62.0 Å². The molecule has 2 aromatic carbocycles. The van der Waals surface area contributed by atoms with E-state index in [9.17, 15) is 9.59 Å². The lowest BCUT2D eigenvalue weighted by atomic mass is 9.88. The molecular weight excluding hydrogens is 436 g/mol. The Balaban J connectivity index is 1.36. The van der Waals surface area contributed by atoms with Crippen LogP contribution in [-0.4, -0.2) is 65.4 Å². The molecule has 6 atom stereocenters. The molecule has 0 bridgehead atoms. The van der Waals surface area contributed by atoms with Gasteiger partial charge in [0, 0.05) is 31.1 Å². The minimum Gasteiger partial charge on any atom is -0.343 e. The van der Waals surface area contributed by atoms with Crippen LogP contribution in [0.15, 0.2) is 60.7 Å². The maximum Gasteiger partial charge on any atom is 0.245 e. The van der Waals surface area contributed by atoms with E-state index in [0.29, 0.717) is 18.3 Å². The molecule has 0 saturated carbocycles. The lowest BCUT2D eigenvalue weighted by Gasteiger charge is -2.34. The van der Waals surface area contributed by atoms with Crippen molar-refractivity contribution in [2.24, 2.45) is 5.73 Å². The Kier molecular flexibility index (Phi) is 7.21. The molecule has 0 radical (unpaired) electrons. The van der Waals surface area contributed by atoms with Crippen LogP contribution >= 0.6 is 0 Å². The molecule has 5 rings (SSSR count). The van der Waals surface area contributed by atoms with Crippen molar-refractivity contribution in [3.8, 4) is 0 Å². The SMILES string of the molecule is CC(N)C(=O)NC1CCCC2C(c3ccccc3)CC(CN3CCC(c4ccccc4)C3)N2C1=O. The second-order valence-corrected chi connectivity index (χ2v) is 10.7. The molecule has 6 heteroatoms. The fraction of sp³-hybridized carbons (Fsp3) is 0.517. The van der Waals surface area contributed by atoms with Gasteiger partial charge in [-0.3, -0.25) is 9.59 Å². The predicted molar refractivity (Wildman–Crippen MR) is 138 cm³/mol. The molecule has 3 aliphatic heterocycles. The summed E-state index contributed by atoms with van der Waals surface area (Å²) in [5.41, 5.74) is 8.52. The third kappa shape index (κ3) is 5.14. The molecule has 2 amide bonds. The van der Waals surface area contributed by atoms with E-state index in [4.69, 9.17) is 5.73 Å². The second-order valence-electron chi connectivity index (χ2n) is 10.7. The number of carbonyl (C=O) groups excluding carboxylic acids is 2. The number of nitrogens with zero attached hydrogens (tertiary/aromatic N) is 2. The zero-order valence-electron chi connectivity index (χ0n) is 20.7. The Morgan fingerprint density at radius 2 is 1.71 bits per heavy atom. The number of fused-ring (bicyclic) bond motifs is 1. The summed E-state index contributed by atoms with van der Waals surface area (Å²) in [6.07, 6.45) is 4.70. The van der Waals surface area contributed by atoms with E-state index in [0.717, 1.165) is 45.3 Å². The predicted octanol–water partition coefficient (Wildman–Crippen LogP) is 3.25. The zero-order valence-corrected chi connectivity index (χ0v) is 20.7. The smallest absolute Gasteiger partial charge is 0.245 e. The number of rotatable bonds is 6. The first-order valence-electron chi connectivity index (χ1n) is 13.2. The fourth-order valence-corrected chi connectivity index (χ4v) is 6.50. The fourth-order valence-electron chi connectivity index (χ4n) is 6.50. The average molecular weight is 475 g/mol. The van der Waals surface area contributed by atoms with Gasteiger partial charge in [0.1, 0.15) is 6.04 Å². The Morgan fingerprint density at radius 1 is 1.03 bits per heavy atom. The number of nitrogens with two attached hydrogens (primary N) is 1. The van der Waals surface area contributed by atoms with Crippen LogP contribution in [0, 0.1) is 0 Å². The monoisotopic (exact) mass is 474 g/mol. The summed E-state index contributed by atoms with van der Waals surface area (Å²) in [7, 11) is 0. The zero-order chi connectivity index (χ0) is 24.4. The van der Waals surface area contributed by atoms with Crippen LogP contribution in [0.5, 0.6) is 0 Å². The summed E-state index contributed by atoms with van der Waals surface area (Å²) in [4.78, 5) is 30.9. The number of hydrogen-bond donors (Lipinski definition) is 2. The number of benzene rings is 2. The van der Waals surface area contributed by atoms with Crippen LogP contribution < -0.4 is 11.1 Å². The molecule has 6 unspecified atom stereocenters. The minimum absolute atomic E-state index is 0.0729. The molecule has 35 heavy (non-hydrogen) atoms. The quantitative estimate of drug-likeness (QED) is 0.674. The lowest BCUT2D eigenvalue weighted by Crippen LogP contribution is -2.55. The van der Waals surface area contributed by atoms with Crippen molar-refractivity contribution in [2.45, 2.75) is 75.0 Å². The van der Waals surface area contributed by atoms with Crippen molar-refractivity contribution in [1.29, 1.82) is 0 Å². The van der Waals surface area contributed by atoms with Gasteiger partial charge in [-0.05, 0) is 62.6 Å². The largest absolute Gasteiger partial charge is 0.343 e. The Labute approximate surface area is 208 Å². The lowest BCUT2D eigenvalue weighted by molar-refractivity contribution is -0.138. The molecule has 3 N–H and O–H groups in total. The van der Waals surface area contributed by atoms with Gasteiger partial charge < -0.3 is 20.9 Å². The summed E-state index contributed by atoms with van der Waals surface area (Å²) in [6.45, 7) is 4.65. The third-order valence-corrected chi connectivity index (χ3v) is 8.26. The normalized spacial score (nSPS) is 30.1. The highest BCUT2D eigenvalue weighted by Crippen LogP contribution is 2.42. The molecule has 2 aromatic rings. The molecule has 0 aromatic heterocycles. The van der Waals surface area contributed by atoms with Gasteiger partial charge in [0.25, 0.3) is 0 Å². The van der Waals surface area contributed by atoms with Crippen LogP contribution in [0.25, 0.3) is 0 Å². The van der Waals surface area contributed by atoms with Gasteiger partial charge in [0.15, 0.2) is 0 Å². The first-order valence-corrected chi connectivity index (χ1v) is 13.2. The molecule has 3 saturated heterocycles. The average Bonchev–Trinajstić information content (AvgIpc) is 3.45. The van der Waals surface area contributed by atoms with Crippen LogP contribution in [0.4, 0.5) is 0 Å². The molecular formula is C29H38N4O2. The maximum absolute atomic E-state index is 13.9. The van der Waals surface area contributed by atoms with Gasteiger partial charge in [-0.2, -0.15) is 0 Å². The van der Waals surface area contributed by atoms with E-state index in [-0.39, 0.29) is 23.9 Å². The highest BCUT2D eigenvalue weighted by molar-refractivity contribution is 5.90. The Bertz CT molecular complexity index is 1010. The Morgan fingerprint density at radius 3 is 2.40 bits per heavy atom. The van der Waals surface area contributed by atoms with Gasteiger partial charge in [-0.25, -0.2) is 0 Å². The van der Waals surface area contributed by atoms with E-state index in [2.05, 4.69) is 75.8 Å². The van der Waals surface area contributed by atoms with Crippen molar-refractivity contribution in [2.75, 3.05) is 19.6 Å². The number of nitrogens with one attached hydrogen (secondary N) is 1. The maximum atomic E-state index is 13.9. The van der Waals surface area contributed by atoms with Crippen molar-refractivity contribution in [1.82, 2.24) is 15.1 Å². The van der Waals surface area contributed by atoms with E-state index in [1.807, 2.05) is 0 Å². The van der Waals surface area contributed by atoms with E-state index in [1.54, 1.807) is 6.92 Å². The number of likely N-dealkylation sites (tertiary alicyclic amines) is 1. The topological polar surface area (TPSA) is 78.7 Å². The summed E-state index contributed by atoms with van der Waals surface area (Å²) in [5, 5.41) is 2.95. The number of amides is 2. The van der Waals surface area contributed by atoms with E-state index in [1.165, 1.54) is 11.1 Å². The summed E-state index contributed by atoms with van der Waals surface area (Å²) < 4.78 is 0. The van der Waals surface area contributed by atoms with E-state index < -0.39 is 12.1 Å². The highest BCUT2D eigenvalue weighted by Gasteiger charge is 2.48. The molecule has 186 valence electrons. The van der Waals surface area contributed by atoms with Crippen LogP contribution in [-0.2, 0) is 9.59 Å². The molecule has 0 aliphatic carbocycles. The molecule has 0 spiro atoms. The van der Waals surface area contributed by atoms with Gasteiger partial charge in [-0.1, -0.05) is 60.7 Å². The van der Waals surface area contributed by atoms with Crippen molar-refractivity contribution in [3.63, 3.8) is 0 Å². The first-order chi connectivity index (χ1) is 17.0. The van der Waals surface area contributed by atoms with Crippen molar-refractivity contribution < 1.29 is 9.59 Å². The standard InChI is InChI=1S/C29H38N4O2/c1-20(30)28(34)31-26-13-8-14-27-25(22-11-6-3-7-12-22)17-24(33(27)29(26)35)19-32-16-15-23(18-32)21-9-4-2-5-10-21/h2-7,9-12,20,23-27H,8,13-19,30H2,1H3,(H,31,34). The summed E-state index contributed by atoms with van der Waals surface area (Å²) in [6, 6.07) is 20.7. The number of hydrogen-bond acceptors (Lipinski definition) is 4. The van der Waals surface area contributed by atoms with Gasteiger partial charge >= 0.3 is 0 Å². The molecule has 3 heterocycles. The van der Waals surface area contributed by atoms with E-state index >= 15 is 0 Å². The first kappa shape index (κ1) is 24.0. The molecule has 3 fully saturated rings. The van der Waals surface area contributed by atoms with Gasteiger partial charge in [0.2, 0.25) is 11.8 Å². The minimum atomic E-state index is -0.618. The Hall–Kier alpha value is -2.70. The highest BCUT2D eigenvalue weighted by atomic mass is 16.2. The summed E-state index contributed by atoms with van der Waals surface area (Å²) in [5.74, 6) is 0.711. The van der Waals surface area contributed by atoms with Gasteiger partial charge in [-0.15, -0.1) is 0 Å². The van der Waals surface area contributed by atoms with Crippen LogP contribution in [0.2, 0.25) is 0 Å². The van der Waals surface area contributed by atoms with Crippen LogP contribution in [0.3, 0.4) is 0 Å². The molecule has 3 aliphatic rings. The summed E-state index contributed by atoms with van der Waals surface area (Å²) >= 11 is 0. The third-order valence-electron chi connectivity index (χ3n) is 8.26. The van der Waals surface area contributed by atoms with Crippen molar-refractivity contribution in [3.05, 3.63) is 71.8 Å².